The van der Waals surface area contributed by atoms with Crippen LogP contribution in [0.3, 0.4) is 0 Å². The van der Waals surface area contributed by atoms with Gasteiger partial charge < -0.3 is 15.1 Å². The summed E-state index contributed by atoms with van der Waals surface area (Å²) in [5.41, 5.74) is 0.407. The monoisotopic (exact) mass is 333 g/mol. The first kappa shape index (κ1) is 16.7. The van der Waals surface area contributed by atoms with Gasteiger partial charge in [0.15, 0.2) is 0 Å². The molecule has 2 aliphatic heterocycles. The summed E-state index contributed by atoms with van der Waals surface area (Å²) in [5, 5.41) is 2.70. The number of benzene rings is 1. The highest BCUT2D eigenvalue weighted by atomic mass is 19.1. The van der Waals surface area contributed by atoms with Crippen molar-refractivity contribution in [3.63, 3.8) is 0 Å². The number of piperidine rings is 1. The molecule has 2 fully saturated rings. The highest BCUT2D eigenvalue weighted by Gasteiger charge is 2.37. The van der Waals surface area contributed by atoms with Crippen LogP contribution in [0.1, 0.15) is 32.6 Å². The van der Waals surface area contributed by atoms with E-state index in [4.69, 9.17) is 0 Å². The quantitative estimate of drug-likeness (QED) is 0.904. The third kappa shape index (κ3) is 3.68. The number of rotatable bonds is 2. The number of urea groups is 1. The lowest BCUT2D eigenvalue weighted by molar-refractivity contribution is -0.136. The van der Waals surface area contributed by atoms with Crippen molar-refractivity contribution >= 4 is 17.6 Å². The molecule has 0 bridgehead atoms. The minimum atomic E-state index is -0.399. The number of hydrogen-bond donors (Lipinski definition) is 1. The largest absolute Gasteiger partial charge is 0.341 e. The van der Waals surface area contributed by atoms with Crippen LogP contribution in [0.5, 0.6) is 0 Å². The van der Waals surface area contributed by atoms with E-state index >= 15 is 0 Å². The fourth-order valence-electron chi connectivity index (χ4n) is 3.47. The maximum atomic E-state index is 13.2. The van der Waals surface area contributed by atoms with Gasteiger partial charge in [-0.1, -0.05) is 13.0 Å². The van der Waals surface area contributed by atoms with Crippen molar-refractivity contribution in [3.05, 3.63) is 30.1 Å². The molecule has 0 radical (unpaired) electrons. The molecule has 0 aliphatic carbocycles. The number of carbonyl (C=O) groups is 2. The van der Waals surface area contributed by atoms with Gasteiger partial charge >= 0.3 is 6.03 Å². The molecule has 0 aromatic heterocycles. The molecule has 3 rings (SSSR count). The zero-order valence-corrected chi connectivity index (χ0v) is 14.0. The predicted octanol–water partition coefficient (Wildman–Crippen LogP) is 3.08. The van der Waals surface area contributed by atoms with E-state index in [9.17, 15) is 14.0 Å². The van der Waals surface area contributed by atoms with Crippen LogP contribution in [0.15, 0.2) is 24.3 Å². The van der Waals surface area contributed by atoms with Crippen LogP contribution in [0.2, 0.25) is 0 Å². The van der Waals surface area contributed by atoms with E-state index in [0.29, 0.717) is 24.6 Å². The molecule has 0 spiro atoms. The van der Waals surface area contributed by atoms with Gasteiger partial charge in [0.05, 0.1) is 0 Å². The average Bonchev–Trinajstić information content (AvgIpc) is 3.04. The smallest absolute Gasteiger partial charge is 0.322 e. The van der Waals surface area contributed by atoms with Crippen LogP contribution < -0.4 is 5.32 Å². The first-order chi connectivity index (χ1) is 11.5. The van der Waals surface area contributed by atoms with Crippen molar-refractivity contribution in [1.29, 1.82) is 0 Å². The summed E-state index contributed by atoms with van der Waals surface area (Å²) >= 11 is 0. The minimum absolute atomic E-state index is 0.0498. The maximum absolute atomic E-state index is 13.2. The van der Waals surface area contributed by atoms with E-state index in [1.54, 1.807) is 17.0 Å². The molecule has 1 unspecified atom stereocenters. The molecule has 5 nitrogen and oxygen atoms in total. The Kier molecular flexibility index (Phi) is 5.02. The minimum Gasteiger partial charge on any atom is -0.341 e. The molecule has 1 atom stereocenters. The van der Waals surface area contributed by atoms with Gasteiger partial charge in [0.25, 0.3) is 0 Å². The van der Waals surface area contributed by atoms with Gasteiger partial charge in [-0.3, -0.25) is 4.79 Å². The van der Waals surface area contributed by atoms with Gasteiger partial charge in [-0.25, -0.2) is 9.18 Å². The first-order valence-electron chi connectivity index (χ1n) is 8.66. The van der Waals surface area contributed by atoms with Crippen LogP contribution in [0, 0.1) is 11.7 Å². The van der Waals surface area contributed by atoms with Crippen molar-refractivity contribution in [2.24, 2.45) is 5.92 Å². The SMILES string of the molecule is CC1CCN(C(=O)C2CCCN2C(=O)Nc2cccc(F)c2)CC1. The first-order valence-corrected chi connectivity index (χ1v) is 8.66. The molecular formula is C18H24FN3O2. The number of anilines is 1. The molecule has 2 aliphatic rings. The molecule has 0 saturated carbocycles. The van der Waals surface area contributed by atoms with Crippen molar-refractivity contribution in [2.45, 2.75) is 38.6 Å². The Morgan fingerprint density at radius 1 is 1.17 bits per heavy atom. The standard InChI is InChI=1S/C18H24FN3O2/c1-13-7-10-21(11-8-13)17(23)16-6-3-9-22(16)18(24)20-15-5-2-4-14(19)12-15/h2,4-5,12-13,16H,3,6-11H2,1H3,(H,20,24). The van der Waals surface area contributed by atoms with E-state index < -0.39 is 11.9 Å². The lowest BCUT2D eigenvalue weighted by Crippen LogP contribution is -2.50. The molecule has 2 heterocycles. The Bertz CT molecular complexity index is 614. The molecule has 24 heavy (non-hydrogen) atoms. The zero-order valence-electron chi connectivity index (χ0n) is 14.0. The van der Waals surface area contributed by atoms with Gasteiger partial charge in [0.1, 0.15) is 11.9 Å². The summed E-state index contributed by atoms with van der Waals surface area (Å²) in [6.07, 6.45) is 3.56. The second kappa shape index (κ2) is 7.20. The van der Waals surface area contributed by atoms with Crippen LogP contribution in [-0.4, -0.2) is 47.4 Å². The van der Waals surface area contributed by atoms with Crippen molar-refractivity contribution in [1.82, 2.24) is 9.80 Å². The third-order valence-corrected chi connectivity index (χ3v) is 4.97. The van der Waals surface area contributed by atoms with E-state index in [1.807, 2.05) is 4.90 Å². The number of nitrogens with zero attached hydrogens (tertiary/aromatic N) is 2. The van der Waals surface area contributed by atoms with Crippen LogP contribution in [0.4, 0.5) is 14.9 Å². The van der Waals surface area contributed by atoms with Crippen molar-refractivity contribution < 1.29 is 14.0 Å². The Balaban J connectivity index is 1.64. The van der Waals surface area contributed by atoms with Crippen LogP contribution in [0.25, 0.3) is 0 Å². The number of carbonyl (C=O) groups excluding carboxylic acids is 2. The van der Waals surface area contributed by atoms with E-state index in [0.717, 1.165) is 32.4 Å². The Labute approximate surface area is 141 Å². The number of halogens is 1. The topological polar surface area (TPSA) is 52.7 Å². The predicted molar refractivity (Wildman–Crippen MR) is 90.1 cm³/mol. The summed E-state index contributed by atoms with van der Waals surface area (Å²) in [5.74, 6) is 0.308. The Hall–Kier alpha value is -2.11. The molecule has 130 valence electrons. The second-order valence-corrected chi connectivity index (χ2v) is 6.80. The molecule has 3 amide bonds. The number of hydrogen-bond acceptors (Lipinski definition) is 2. The molecule has 1 aromatic carbocycles. The molecule has 6 heteroatoms. The summed E-state index contributed by atoms with van der Waals surface area (Å²) in [6, 6.07) is 5.06. The van der Waals surface area contributed by atoms with E-state index in [1.165, 1.54) is 12.1 Å². The fraction of sp³-hybridized carbons (Fsp3) is 0.556. The Morgan fingerprint density at radius 2 is 1.92 bits per heavy atom. The second-order valence-electron chi connectivity index (χ2n) is 6.80. The van der Waals surface area contributed by atoms with Crippen LogP contribution in [-0.2, 0) is 4.79 Å². The van der Waals surface area contributed by atoms with Gasteiger partial charge in [-0.2, -0.15) is 0 Å². The number of amides is 3. The summed E-state index contributed by atoms with van der Waals surface area (Å²) in [6.45, 7) is 4.31. The highest BCUT2D eigenvalue weighted by Crippen LogP contribution is 2.24. The third-order valence-electron chi connectivity index (χ3n) is 4.97. The molecule has 1 N–H and O–H groups in total. The number of nitrogens with one attached hydrogen (secondary N) is 1. The van der Waals surface area contributed by atoms with Crippen molar-refractivity contribution in [3.8, 4) is 0 Å². The lowest BCUT2D eigenvalue weighted by atomic mass is 9.98. The van der Waals surface area contributed by atoms with Crippen LogP contribution >= 0.6 is 0 Å². The lowest BCUT2D eigenvalue weighted by Gasteiger charge is -2.34. The van der Waals surface area contributed by atoms with Gasteiger partial charge in [0.2, 0.25) is 5.91 Å². The molecule has 1 aromatic rings. The molecule has 2 saturated heterocycles. The normalized spacial score (nSPS) is 21.8. The summed E-state index contributed by atoms with van der Waals surface area (Å²) in [4.78, 5) is 28.7. The number of likely N-dealkylation sites (tertiary alicyclic amines) is 2. The Morgan fingerprint density at radius 3 is 2.62 bits per heavy atom. The fourth-order valence-corrected chi connectivity index (χ4v) is 3.47. The summed E-state index contributed by atoms with van der Waals surface area (Å²) < 4.78 is 13.2. The maximum Gasteiger partial charge on any atom is 0.322 e. The van der Waals surface area contributed by atoms with E-state index in [-0.39, 0.29) is 11.9 Å². The van der Waals surface area contributed by atoms with E-state index in [2.05, 4.69) is 12.2 Å². The summed E-state index contributed by atoms with van der Waals surface area (Å²) in [7, 11) is 0. The van der Waals surface area contributed by atoms with Gasteiger partial charge in [-0.05, 0) is 49.8 Å². The van der Waals surface area contributed by atoms with Crippen molar-refractivity contribution in [2.75, 3.05) is 25.0 Å². The van der Waals surface area contributed by atoms with Gasteiger partial charge in [-0.15, -0.1) is 0 Å². The average molecular weight is 333 g/mol. The highest BCUT2D eigenvalue weighted by molar-refractivity contribution is 5.94. The molecular weight excluding hydrogens is 309 g/mol. The van der Waals surface area contributed by atoms with Gasteiger partial charge in [0, 0.05) is 25.3 Å². The zero-order chi connectivity index (χ0) is 17.1.